The van der Waals surface area contributed by atoms with Gasteiger partial charge in [-0.25, -0.2) is 0 Å². The highest BCUT2D eigenvalue weighted by Crippen LogP contribution is 2.37. The molecule has 0 saturated heterocycles. The van der Waals surface area contributed by atoms with Crippen LogP contribution in [0, 0.1) is 0 Å². The van der Waals surface area contributed by atoms with Gasteiger partial charge in [0.1, 0.15) is 0 Å². The zero-order valence-electron chi connectivity index (χ0n) is 14.1. The minimum atomic E-state index is -3.73. The first-order chi connectivity index (χ1) is 11.5. The Bertz CT molecular complexity index is 756. The van der Waals surface area contributed by atoms with Gasteiger partial charge in [0.05, 0.1) is 20.0 Å². The highest BCUT2D eigenvalue weighted by molar-refractivity contribution is 7.87. The van der Waals surface area contributed by atoms with Gasteiger partial charge in [0.15, 0.2) is 11.5 Å². The van der Waals surface area contributed by atoms with Crippen molar-refractivity contribution < 1.29 is 22.1 Å². The molecule has 5 nitrogen and oxygen atoms in total. The lowest BCUT2D eigenvalue weighted by atomic mass is 9.99. The zero-order chi connectivity index (χ0) is 17.6. The Hall–Kier alpha value is -2.21. The molecule has 6 heteroatoms. The number of hydrogen-bond acceptors (Lipinski definition) is 5. The molecule has 2 rings (SSSR count). The number of para-hydroxylation sites is 1. The highest BCUT2D eigenvalue weighted by Gasteiger charge is 2.20. The molecule has 0 aliphatic heterocycles. The third kappa shape index (κ3) is 4.64. The number of benzene rings is 2. The Morgan fingerprint density at radius 3 is 2.21 bits per heavy atom. The topological polar surface area (TPSA) is 61.8 Å². The number of rotatable bonds is 8. The van der Waals surface area contributed by atoms with Crippen molar-refractivity contribution in [1.82, 2.24) is 0 Å². The lowest BCUT2D eigenvalue weighted by Gasteiger charge is -2.15. The van der Waals surface area contributed by atoms with E-state index < -0.39 is 10.1 Å². The Balaban J connectivity index is 2.07. The van der Waals surface area contributed by atoms with Gasteiger partial charge >= 0.3 is 10.1 Å². The van der Waals surface area contributed by atoms with Gasteiger partial charge < -0.3 is 13.7 Å². The summed E-state index contributed by atoms with van der Waals surface area (Å²) in [6.45, 7) is 2.00. The lowest BCUT2D eigenvalue weighted by molar-refractivity contribution is 0.343. The van der Waals surface area contributed by atoms with Crippen LogP contribution in [0.5, 0.6) is 17.2 Å². The van der Waals surface area contributed by atoms with Crippen LogP contribution in [-0.4, -0.2) is 28.4 Å². The number of ether oxygens (including phenoxy) is 2. The van der Waals surface area contributed by atoms with E-state index in [1.54, 1.807) is 18.2 Å². The number of methoxy groups -OCH3 is 2. The van der Waals surface area contributed by atoms with E-state index in [1.807, 2.05) is 37.3 Å². The Morgan fingerprint density at radius 1 is 0.917 bits per heavy atom. The summed E-state index contributed by atoms with van der Waals surface area (Å²) in [6, 6.07) is 14.7. The average molecular weight is 350 g/mol. The van der Waals surface area contributed by atoms with E-state index in [0.717, 1.165) is 5.56 Å². The summed E-state index contributed by atoms with van der Waals surface area (Å²) >= 11 is 0. The zero-order valence-corrected chi connectivity index (χ0v) is 14.9. The molecule has 2 aromatic carbocycles. The number of hydrogen-bond donors (Lipinski definition) is 0. The van der Waals surface area contributed by atoms with Crippen molar-refractivity contribution in [2.24, 2.45) is 0 Å². The van der Waals surface area contributed by atoms with Crippen molar-refractivity contribution in [3.63, 3.8) is 0 Å². The van der Waals surface area contributed by atoms with E-state index in [2.05, 4.69) is 0 Å². The second-order valence-electron chi connectivity index (χ2n) is 5.44. The van der Waals surface area contributed by atoms with E-state index in [4.69, 9.17) is 13.7 Å². The van der Waals surface area contributed by atoms with Crippen molar-refractivity contribution in [3.8, 4) is 17.2 Å². The molecule has 130 valence electrons. The molecule has 24 heavy (non-hydrogen) atoms. The molecule has 0 fully saturated rings. The molecule has 0 saturated carbocycles. The summed E-state index contributed by atoms with van der Waals surface area (Å²) in [6.07, 6.45) is 0.471. The molecule has 0 amide bonds. The van der Waals surface area contributed by atoms with Gasteiger partial charge in [-0.1, -0.05) is 43.3 Å². The van der Waals surface area contributed by atoms with Crippen molar-refractivity contribution in [3.05, 3.63) is 54.1 Å². The van der Waals surface area contributed by atoms with E-state index >= 15 is 0 Å². The van der Waals surface area contributed by atoms with Gasteiger partial charge in [-0.2, -0.15) is 8.42 Å². The van der Waals surface area contributed by atoms with E-state index in [1.165, 1.54) is 14.2 Å². The maximum Gasteiger partial charge on any atom is 0.309 e. The van der Waals surface area contributed by atoms with Gasteiger partial charge in [0.25, 0.3) is 0 Å². The SMILES string of the molecule is COc1cccc(OS(=O)(=O)CCC(C)c2ccccc2)c1OC. The maximum atomic E-state index is 12.3. The summed E-state index contributed by atoms with van der Waals surface area (Å²) in [7, 11) is -0.808. The summed E-state index contributed by atoms with van der Waals surface area (Å²) in [5.74, 6) is 0.854. The summed E-state index contributed by atoms with van der Waals surface area (Å²) < 4.78 is 40.1. The fourth-order valence-corrected chi connectivity index (χ4v) is 3.50. The Labute approximate surface area is 143 Å². The average Bonchev–Trinajstić information content (AvgIpc) is 2.60. The van der Waals surface area contributed by atoms with E-state index in [9.17, 15) is 8.42 Å². The van der Waals surface area contributed by atoms with Crippen molar-refractivity contribution in [2.75, 3.05) is 20.0 Å². The van der Waals surface area contributed by atoms with Crippen LogP contribution in [0.25, 0.3) is 0 Å². The van der Waals surface area contributed by atoms with Crippen LogP contribution in [0.2, 0.25) is 0 Å². The van der Waals surface area contributed by atoms with Gasteiger partial charge in [-0.3, -0.25) is 0 Å². The van der Waals surface area contributed by atoms with Crippen LogP contribution in [0.15, 0.2) is 48.5 Å². The standard InChI is InChI=1S/C18H22O5S/c1-14(15-8-5-4-6-9-15)12-13-24(19,20)23-17-11-7-10-16(21-2)18(17)22-3/h4-11,14H,12-13H2,1-3H3. The first-order valence-corrected chi connectivity index (χ1v) is 9.22. The quantitative estimate of drug-likeness (QED) is 0.681. The predicted molar refractivity (Wildman–Crippen MR) is 93.4 cm³/mol. The summed E-state index contributed by atoms with van der Waals surface area (Å²) in [5.41, 5.74) is 1.10. The third-order valence-electron chi connectivity index (χ3n) is 3.75. The second kappa shape index (κ2) is 8.06. The molecule has 1 unspecified atom stereocenters. The first-order valence-electron chi connectivity index (χ1n) is 7.65. The van der Waals surface area contributed by atoms with Crippen LogP contribution < -0.4 is 13.7 Å². The Morgan fingerprint density at radius 2 is 1.58 bits per heavy atom. The lowest BCUT2D eigenvalue weighted by Crippen LogP contribution is -2.16. The van der Waals surface area contributed by atoms with Crippen LogP contribution in [0.1, 0.15) is 24.8 Å². The van der Waals surface area contributed by atoms with E-state index in [0.29, 0.717) is 12.2 Å². The Kier molecular flexibility index (Phi) is 6.09. The molecular formula is C18H22O5S. The molecule has 0 aliphatic carbocycles. The normalized spacial score (nSPS) is 12.5. The van der Waals surface area contributed by atoms with Crippen molar-refractivity contribution >= 4 is 10.1 Å². The van der Waals surface area contributed by atoms with Crippen LogP contribution in [0.4, 0.5) is 0 Å². The van der Waals surface area contributed by atoms with Gasteiger partial charge in [-0.15, -0.1) is 0 Å². The summed E-state index contributed by atoms with van der Waals surface area (Å²) in [4.78, 5) is 0. The minimum absolute atomic E-state index is 0.0799. The largest absolute Gasteiger partial charge is 0.493 e. The van der Waals surface area contributed by atoms with Crippen LogP contribution >= 0.6 is 0 Å². The molecule has 0 aliphatic rings. The molecule has 0 radical (unpaired) electrons. The summed E-state index contributed by atoms with van der Waals surface area (Å²) in [5, 5.41) is 0. The molecular weight excluding hydrogens is 328 g/mol. The monoisotopic (exact) mass is 350 g/mol. The fraction of sp³-hybridized carbons (Fsp3) is 0.333. The van der Waals surface area contributed by atoms with Gasteiger partial charge in [0, 0.05) is 0 Å². The van der Waals surface area contributed by atoms with Crippen LogP contribution in [-0.2, 0) is 10.1 Å². The van der Waals surface area contributed by atoms with Crippen LogP contribution in [0.3, 0.4) is 0 Å². The fourth-order valence-electron chi connectivity index (χ4n) is 2.37. The minimum Gasteiger partial charge on any atom is -0.493 e. The maximum absolute atomic E-state index is 12.3. The van der Waals surface area contributed by atoms with Gasteiger partial charge in [-0.05, 0) is 30.0 Å². The van der Waals surface area contributed by atoms with Crippen molar-refractivity contribution in [1.29, 1.82) is 0 Å². The van der Waals surface area contributed by atoms with Crippen molar-refractivity contribution in [2.45, 2.75) is 19.3 Å². The molecule has 0 aromatic heterocycles. The molecule has 0 spiro atoms. The first kappa shape index (κ1) is 18.1. The molecule has 1 atom stereocenters. The highest BCUT2D eigenvalue weighted by atomic mass is 32.2. The third-order valence-corrected chi connectivity index (χ3v) is 4.92. The molecule has 2 aromatic rings. The second-order valence-corrected chi connectivity index (χ2v) is 7.13. The van der Waals surface area contributed by atoms with Gasteiger partial charge in [0.2, 0.25) is 5.75 Å². The molecule has 0 heterocycles. The molecule has 0 N–H and O–H groups in total. The smallest absolute Gasteiger partial charge is 0.309 e. The predicted octanol–water partition coefficient (Wildman–Crippen LogP) is 3.61. The van der Waals surface area contributed by atoms with E-state index in [-0.39, 0.29) is 23.2 Å². The molecule has 0 bridgehead atoms.